The number of amides is 1. The van der Waals surface area contributed by atoms with Crippen LogP contribution in [0.4, 0.5) is 18.9 Å². The highest BCUT2D eigenvalue weighted by Crippen LogP contribution is 2.36. The van der Waals surface area contributed by atoms with Gasteiger partial charge in [-0.1, -0.05) is 41.9 Å². The van der Waals surface area contributed by atoms with Crippen molar-refractivity contribution in [3.63, 3.8) is 0 Å². The van der Waals surface area contributed by atoms with E-state index in [4.69, 9.17) is 11.6 Å². The number of ether oxygens (including phenoxy) is 1. The zero-order valence-corrected chi connectivity index (χ0v) is 24.3. The highest BCUT2D eigenvalue weighted by Gasteiger charge is 2.33. The van der Waals surface area contributed by atoms with E-state index in [0.717, 1.165) is 22.1 Å². The number of thioether (sulfide) groups is 1. The monoisotopic (exact) mass is 612 g/mol. The number of rotatable bonds is 11. The number of carboxylic acids is 1. The molecule has 214 valence electrons. The molecule has 0 radical (unpaired) electrons. The standard InChI is InChI=1S/C28H28ClF3N2O4S2/c1-16-20(12-13-22(24(16)29)38-28(30,31)32)34-25(35)21(14-18-6-4-5-7-23(18)39)33-15-17-8-10-19(11-9-17)40-27(2,3)26(36)37/h4-13,21,33,39H,14-15H2,1-3H3,(H,34,35)(H,36,37). The molecule has 3 aromatic carbocycles. The fourth-order valence-electron chi connectivity index (χ4n) is 3.63. The van der Waals surface area contributed by atoms with E-state index in [9.17, 15) is 27.9 Å². The highest BCUT2D eigenvalue weighted by atomic mass is 35.5. The Morgan fingerprint density at radius 1 is 1.07 bits per heavy atom. The zero-order valence-electron chi connectivity index (χ0n) is 21.8. The first-order chi connectivity index (χ1) is 18.7. The van der Waals surface area contributed by atoms with Crippen molar-refractivity contribution in [1.82, 2.24) is 5.32 Å². The second-order valence-corrected chi connectivity index (χ2v) is 12.0. The molecule has 0 aliphatic carbocycles. The molecule has 1 amide bonds. The molecule has 1 atom stereocenters. The van der Waals surface area contributed by atoms with Gasteiger partial charge in [-0.25, -0.2) is 0 Å². The summed E-state index contributed by atoms with van der Waals surface area (Å²) in [5, 5.41) is 15.1. The molecule has 0 bridgehead atoms. The van der Waals surface area contributed by atoms with Gasteiger partial charge in [0.25, 0.3) is 0 Å². The summed E-state index contributed by atoms with van der Waals surface area (Å²) in [4.78, 5) is 26.3. The molecule has 0 spiro atoms. The molecule has 0 aromatic heterocycles. The van der Waals surface area contributed by atoms with Gasteiger partial charge < -0.3 is 20.5 Å². The lowest BCUT2D eigenvalue weighted by Gasteiger charge is -2.21. The molecular formula is C28H28ClF3N2O4S2. The molecule has 0 aliphatic heterocycles. The van der Waals surface area contributed by atoms with Gasteiger partial charge in [0.05, 0.1) is 11.1 Å². The third kappa shape index (κ3) is 8.82. The number of anilines is 1. The van der Waals surface area contributed by atoms with Gasteiger partial charge in [0.2, 0.25) is 5.91 Å². The van der Waals surface area contributed by atoms with Crippen LogP contribution < -0.4 is 15.4 Å². The number of benzene rings is 3. The van der Waals surface area contributed by atoms with Gasteiger partial charge in [0, 0.05) is 22.0 Å². The van der Waals surface area contributed by atoms with Crippen molar-refractivity contribution < 1.29 is 32.6 Å². The second kappa shape index (κ2) is 13.2. The fraction of sp³-hybridized carbons (Fsp3) is 0.286. The maximum absolute atomic E-state index is 13.4. The second-order valence-electron chi connectivity index (χ2n) is 9.42. The largest absolute Gasteiger partial charge is 0.573 e. The first-order valence-electron chi connectivity index (χ1n) is 12.0. The average molecular weight is 613 g/mol. The van der Waals surface area contributed by atoms with E-state index in [2.05, 4.69) is 28.0 Å². The number of carbonyl (C=O) groups is 2. The molecule has 0 aliphatic rings. The Kier molecular flexibility index (Phi) is 10.5. The Bertz CT molecular complexity index is 1370. The molecule has 0 saturated carbocycles. The molecule has 1 unspecified atom stereocenters. The molecule has 0 fully saturated rings. The molecular weight excluding hydrogens is 585 g/mol. The summed E-state index contributed by atoms with van der Waals surface area (Å²) in [7, 11) is 0. The van der Waals surface area contributed by atoms with Crippen LogP contribution in [-0.2, 0) is 22.6 Å². The van der Waals surface area contributed by atoms with Crippen LogP contribution in [0.3, 0.4) is 0 Å². The third-order valence-electron chi connectivity index (χ3n) is 5.93. The molecule has 0 saturated heterocycles. The smallest absolute Gasteiger partial charge is 0.480 e. The Balaban J connectivity index is 1.78. The number of alkyl halides is 3. The number of carboxylic acid groups (broad SMARTS) is 1. The number of halogens is 4. The third-order valence-corrected chi connectivity index (χ3v) is 8.03. The summed E-state index contributed by atoms with van der Waals surface area (Å²) in [6.07, 6.45) is -4.62. The number of nitrogens with one attached hydrogen (secondary N) is 2. The lowest BCUT2D eigenvalue weighted by atomic mass is 10.0. The van der Waals surface area contributed by atoms with Gasteiger partial charge in [0.15, 0.2) is 0 Å². The Hall–Kier alpha value is -2.86. The van der Waals surface area contributed by atoms with Gasteiger partial charge in [-0.15, -0.1) is 37.6 Å². The Morgan fingerprint density at radius 3 is 2.33 bits per heavy atom. The normalized spacial score (nSPS) is 12.6. The molecule has 3 N–H and O–H groups in total. The lowest BCUT2D eigenvalue weighted by molar-refractivity contribution is -0.274. The van der Waals surface area contributed by atoms with Crippen molar-refractivity contribution in [1.29, 1.82) is 0 Å². The van der Waals surface area contributed by atoms with Crippen molar-refractivity contribution in [2.45, 2.75) is 60.7 Å². The van der Waals surface area contributed by atoms with Crippen molar-refractivity contribution in [2.24, 2.45) is 0 Å². The van der Waals surface area contributed by atoms with E-state index in [1.54, 1.807) is 13.8 Å². The van der Waals surface area contributed by atoms with Crippen molar-refractivity contribution in [3.8, 4) is 5.75 Å². The van der Waals surface area contributed by atoms with Crippen LogP contribution in [0.15, 0.2) is 70.5 Å². The summed E-state index contributed by atoms with van der Waals surface area (Å²) in [5.74, 6) is -1.90. The number of aliphatic carboxylic acids is 1. The topological polar surface area (TPSA) is 87.7 Å². The number of carbonyl (C=O) groups excluding carboxylic acids is 1. The molecule has 6 nitrogen and oxygen atoms in total. The summed E-state index contributed by atoms with van der Waals surface area (Å²) in [6.45, 7) is 5.06. The highest BCUT2D eigenvalue weighted by molar-refractivity contribution is 8.01. The summed E-state index contributed by atoms with van der Waals surface area (Å²) in [5.41, 5.74) is 2.16. The van der Waals surface area contributed by atoms with E-state index >= 15 is 0 Å². The molecule has 0 heterocycles. The zero-order chi connectivity index (χ0) is 29.7. The summed E-state index contributed by atoms with van der Waals surface area (Å²) >= 11 is 11.8. The van der Waals surface area contributed by atoms with E-state index in [1.165, 1.54) is 24.8 Å². The van der Waals surface area contributed by atoms with Crippen molar-refractivity contribution in [3.05, 3.63) is 82.4 Å². The maximum atomic E-state index is 13.4. The number of thiol groups is 1. The minimum atomic E-state index is -4.90. The fourth-order valence-corrected chi connectivity index (χ4v) is 5.04. The van der Waals surface area contributed by atoms with E-state index in [-0.39, 0.29) is 22.7 Å². The lowest BCUT2D eigenvalue weighted by Crippen LogP contribution is -2.42. The van der Waals surface area contributed by atoms with Crippen LogP contribution in [0.1, 0.15) is 30.5 Å². The van der Waals surface area contributed by atoms with Gasteiger partial charge >= 0.3 is 12.3 Å². The van der Waals surface area contributed by atoms with Crippen LogP contribution in [0.5, 0.6) is 5.75 Å². The summed E-state index contributed by atoms with van der Waals surface area (Å²) < 4.78 is 41.0. The molecule has 12 heteroatoms. The van der Waals surface area contributed by atoms with Gasteiger partial charge in [0.1, 0.15) is 10.5 Å². The molecule has 3 rings (SSSR count). The van der Waals surface area contributed by atoms with E-state index < -0.39 is 34.8 Å². The Morgan fingerprint density at radius 2 is 1.73 bits per heavy atom. The van der Waals surface area contributed by atoms with Crippen molar-refractivity contribution >= 4 is 53.6 Å². The van der Waals surface area contributed by atoms with Gasteiger partial charge in [-0.05, 0) is 74.2 Å². The quantitative estimate of drug-likeness (QED) is 0.136. The van der Waals surface area contributed by atoms with Crippen LogP contribution >= 0.6 is 36.0 Å². The van der Waals surface area contributed by atoms with E-state index in [1.807, 2.05) is 48.5 Å². The van der Waals surface area contributed by atoms with Crippen LogP contribution in [-0.4, -0.2) is 34.1 Å². The molecule has 40 heavy (non-hydrogen) atoms. The van der Waals surface area contributed by atoms with Gasteiger partial charge in [-0.2, -0.15) is 0 Å². The minimum absolute atomic E-state index is 0.225. The predicted molar refractivity (Wildman–Crippen MR) is 154 cm³/mol. The Labute approximate surface area is 245 Å². The molecule has 3 aromatic rings. The predicted octanol–water partition coefficient (Wildman–Crippen LogP) is 7.13. The van der Waals surface area contributed by atoms with Crippen LogP contribution in [0, 0.1) is 6.92 Å². The van der Waals surface area contributed by atoms with Crippen LogP contribution in [0.25, 0.3) is 0 Å². The average Bonchev–Trinajstić information content (AvgIpc) is 2.87. The minimum Gasteiger partial charge on any atom is -0.480 e. The first-order valence-corrected chi connectivity index (χ1v) is 13.7. The van der Waals surface area contributed by atoms with Crippen LogP contribution in [0.2, 0.25) is 5.02 Å². The first kappa shape index (κ1) is 31.7. The van der Waals surface area contributed by atoms with E-state index in [0.29, 0.717) is 11.4 Å². The SMILES string of the molecule is Cc1c(NC(=O)C(Cc2ccccc2S)NCc2ccc(SC(C)(C)C(=O)O)cc2)ccc(OC(F)(F)F)c1Cl. The number of hydrogen-bond acceptors (Lipinski definition) is 6. The number of hydrogen-bond donors (Lipinski definition) is 4. The summed E-state index contributed by atoms with van der Waals surface area (Å²) in [6, 6.07) is 16.3. The maximum Gasteiger partial charge on any atom is 0.573 e. The van der Waals surface area contributed by atoms with Gasteiger partial charge in [-0.3, -0.25) is 9.59 Å². The van der Waals surface area contributed by atoms with Crippen molar-refractivity contribution in [2.75, 3.05) is 5.32 Å².